The van der Waals surface area contributed by atoms with E-state index in [2.05, 4.69) is 0 Å². The summed E-state index contributed by atoms with van der Waals surface area (Å²) in [5.41, 5.74) is 0.917. The van der Waals surface area contributed by atoms with Gasteiger partial charge < -0.3 is 10.2 Å². The van der Waals surface area contributed by atoms with Gasteiger partial charge in [-0.1, -0.05) is 11.6 Å². The molecule has 0 atom stereocenters. The third-order valence-corrected chi connectivity index (χ3v) is 0.540. The van der Waals surface area contributed by atoms with Gasteiger partial charge in [-0.3, -0.25) is 0 Å². The van der Waals surface area contributed by atoms with Gasteiger partial charge in [0.2, 0.25) is 0 Å². The Kier molecular flexibility index (Phi) is 2.89. The molecule has 0 fully saturated rings. The monoisotopic (exact) mass is 108 g/mol. The molecule has 2 N–H and O–H groups in total. The van der Waals surface area contributed by atoms with Crippen LogP contribution < -0.4 is 0 Å². The molecule has 0 aromatic heterocycles. The van der Waals surface area contributed by atoms with Gasteiger partial charge in [0.1, 0.15) is 12.4 Å². The van der Waals surface area contributed by atoms with E-state index in [-0.39, 0.29) is 12.4 Å². The molecule has 0 aliphatic heterocycles. The molecule has 0 aliphatic carbocycles. The fourth-order valence-electron chi connectivity index (χ4n) is 0.0345. The summed E-state index contributed by atoms with van der Waals surface area (Å²) in [5, 5.41) is 16.1. The minimum atomic E-state index is -0.385. The molecule has 0 unspecified atom stereocenters. The smallest absolute Gasteiger partial charge is 0.129 e. The van der Waals surface area contributed by atoms with E-state index < -0.39 is 0 Å². The first-order valence-corrected chi connectivity index (χ1v) is 1.84. The number of halogens is 1. The highest BCUT2D eigenvalue weighted by atomic mass is 35.5. The van der Waals surface area contributed by atoms with Crippen molar-refractivity contribution in [2.24, 2.45) is 0 Å². The van der Waals surface area contributed by atoms with Crippen molar-refractivity contribution in [1.82, 2.24) is 0 Å². The third-order valence-electron chi connectivity index (χ3n) is 0.288. The number of aliphatic hydroxyl groups excluding tert-OH is 2. The van der Waals surface area contributed by atoms with Crippen molar-refractivity contribution in [3.63, 3.8) is 0 Å². The third kappa shape index (κ3) is 2.05. The Bertz CT molecular complexity index is 59.8. The molecule has 0 bridgehead atoms. The van der Waals surface area contributed by atoms with Crippen molar-refractivity contribution in [3.8, 4) is 0 Å². The van der Waals surface area contributed by atoms with E-state index in [9.17, 15) is 0 Å². The van der Waals surface area contributed by atoms with Crippen LogP contribution in [0.4, 0.5) is 0 Å². The molecule has 36 valence electrons. The molecule has 0 aromatic carbocycles. The van der Waals surface area contributed by atoms with E-state index in [4.69, 9.17) is 21.8 Å². The van der Waals surface area contributed by atoms with Crippen LogP contribution in [-0.2, 0) is 0 Å². The number of rotatable bonds is 1. The van der Waals surface area contributed by atoms with Crippen LogP contribution in [0, 0.1) is 0 Å². The Labute approximate surface area is 40.7 Å². The zero-order valence-electron chi connectivity index (χ0n) is 3.06. The van der Waals surface area contributed by atoms with Crippen molar-refractivity contribution in [1.29, 1.82) is 0 Å². The average Bonchev–Trinajstić information content (AvgIpc) is 1.65. The lowest BCUT2D eigenvalue weighted by atomic mass is 10.6. The first-order chi connectivity index (χ1) is 2.81. The minimum absolute atomic E-state index is 0.211. The van der Waals surface area contributed by atoms with Crippen LogP contribution in [0.25, 0.3) is 0 Å². The van der Waals surface area contributed by atoms with Gasteiger partial charge in [-0.25, -0.2) is 0 Å². The van der Waals surface area contributed by atoms with Crippen molar-refractivity contribution in [2.75, 3.05) is 6.61 Å². The molecule has 2 nitrogen and oxygen atoms in total. The van der Waals surface area contributed by atoms with Crippen LogP contribution in [0.3, 0.4) is 0 Å². The molecule has 0 spiro atoms. The molecule has 0 amide bonds. The molecular weight excluding hydrogens is 103 g/mol. The van der Waals surface area contributed by atoms with Crippen LogP contribution in [0.15, 0.2) is 11.3 Å². The summed E-state index contributed by atoms with van der Waals surface area (Å²) < 4.78 is 0. The Balaban J connectivity index is 3.22. The second kappa shape index (κ2) is 3.00. The molecule has 0 aromatic rings. The van der Waals surface area contributed by atoms with Gasteiger partial charge in [0.05, 0.1) is 0 Å². The van der Waals surface area contributed by atoms with Gasteiger partial charge in [-0.05, 0) is 0 Å². The van der Waals surface area contributed by atoms with Gasteiger partial charge in [0.25, 0.3) is 0 Å². The summed E-state index contributed by atoms with van der Waals surface area (Å²) in [7, 11) is 0. The molecule has 3 heteroatoms. The lowest BCUT2D eigenvalue weighted by Gasteiger charge is -1.83. The topological polar surface area (TPSA) is 40.5 Å². The molecule has 6 heavy (non-hydrogen) atoms. The number of hydrogen-bond donors (Lipinski definition) is 2. The Morgan fingerprint density at radius 3 is 2.33 bits per heavy atom. The van der Waals surface area contributed by atoms with Crippen molar-refractivity contribution in [2.45, 2.75) is 0 Å². The fraction of sp³-hybridized carbons (Fsp3) is 0.333. The normalized spacial score (nSPS) is 12.0. The second-order valence-corrected chi connectivity index (χ2v) is 0.977. The van der Waals surface area contributed by atoms with Crippen LogP contribution in [-0.4, -0.2) is 16.8 Å². The Morgan fingerprint density at radius 1 is 1.83 bits per heavy atom. The van der Waals surface area contributed by atoms with E-state index in [0.717, 1.165) is 5.54 Å². The van der Waals surface area contributed by atoms with Gasteiger partial charge >= 0.3 is 0 Å². The second-order valence-electron chi connectivity index (χ2n) is 0.759. The summed E-state index contributed by atoms with van der Waals surface area (Å²) in [4.78, 5) is 0. The van der Waals surface area contributed by atoms with Crippen LogP contribution in [0.2, 0.25) is 0 Å². The highest BCUT2D eigenvalue weighted by Crippen LogP contribution is 1.85. The Morgan fingerprint density at radius 2 is 2.33 bits per heavy atom. The highest BCUT2D eigenvalue weighted by molar-refractivity contribution is 6.25. The van der Waals surface area contributed by atoms with Gasteiger partial charge in [-0.2, -0.15) is 0 Å². The largest absolute Gasteiger partial charge is 0.509 e. The van der Waals surface area contributed by atoms with E-state index in [1.165, 1.54) is 0 Å². The molecule has 0 radical (unpaired) electrons. The van der Waals surface area contributed by atoms with Crippen molar-refractivity contribution in [3.05, 3.63) is 11.3 Å². The predicted molar refractivity (Wildman–Crippen MR) is 23.7 cm³/mol. The summed E-state index contributed by atoms with van der Waals surface area (Å²) in [6.07, 6.45) is 0. The maximum absolute atomic E-state index is 8.15. The van der Waals surface area contributed by atoms with E-state index in [1.54, 1.807) is 0 Å². The number of hydrogen-bond acceptors (Lipinski definition) is 2. The van der Waals surface area contributed by atoms with Crippen LogP contribution >= 0.6 is 11.6 Å². The molecule has 0 rings (SSSR count). The van der Waals surface area contributed by atoms with Crippen molar-refractivity contribution < 1.29 is 10.2 Å². The van der Waals surface area contributed by atoms with Gasteiger partial charge in [0, 0.05) is 5.54 Å². The standard InChI is InChI=1S/C3H5ClO2/c4-1-3(6)2-5/h1,5-6H,2H2. The Hall–Kier alpha value is -0.210. The van der Waals surface area contributed by atoms with Crippen LogP contribution in [0.1, 0.15) is 0 Å². The summed E-state index contributed by atoms with van der Waals surface area (Å²) in [5.74, 6) is -0.211. The summed E-state index contributed by atoms with van der Waals surface area (Å²) >= 11 is 4.88. The highest BCUT2D eigenvalue weighted by Gasteiger charge is 1.79. The minimum Gasteiger partial charge on any atom is -0.509 e. The zero-order chi connectivity index (χ0) is 4.99. The molecule has 0 saturated heterocycles. The summed E-state index contributed by atoms with van der Waals surface area (Å²) in [6.45, 7) is -0.385. The molecular formula is C3H5ClO2. The zero-order valence-corrected chi connectivity index (χ0v) is 3.81. The van der Waals surface area contributed by atoms with E-state index in [0.29, 0.717) is 0 Å². The average molecular weight is 109 g/mol. The first-order valence-electron chi connectivity index (χ1n) is 1.40. The van der Waals surface area contributed by atoms with Crippen molar-refractivity contribution >= 4 is 11.6 Å². The van der Waals surface area contributed by atoms with E-state index in [1.807, 2.05) is 0 Å². The molecule has 0 saturated carbocycles. The van der Waals surface area contributed by atoms with E-state index >= 15 is 0 Å². The first kappa shape index (κ1) is 5.79. The molecule has 0 heterocycles. The SMILES string of the molecule is OCC(O)=CCl. The van der Waals surface area contributed by atoms with Crippen LogP contribution in [0.5, 0.6) is 0 Å². The quantitative estimate of drug-likeness (QED) is 0.484. The number of aliphatic hydroxyl groups is 2. The fourth-order valence-corrected chi connectivity index (χ4v) is 0.104. The maximum atomic E-state index is 8.15. The summed E-state index contributed by atoms with van der Waals surface area (Å²) in [6, 6.07) is 0. The van der Waals surface area contributed by atoms with Gasteiger partial charge in [-0.15, -0.1) is 0 Å². The lowest BCUT2D eigenvalue weighted by molar-refractivity contribution is 0.254. The lowest BCUT2D eigenvalue weighted by Crippen LogP contribution is -1.83. The maximum Gasteiger partial charge on any atom is 0.129 e. The molecule has 0 aliphatic rings. The predicted octanol–water partition coefficient (Wildman–Crippen LogP) is 0.617. The van der Waals surface area contributed by atoms with Gasteiger partial charge in [0.15, 0.2) is 0 Å².